The molecule has 1 fully saturated rings. The van der Waals surface area contributed by atoms with Crippen molar-refractivity contribution in [2.24, 2.45) is 5.92 Å². The minimum absolute atomic E-state index is 0.0725. The Kier molecular flexibility index (Phi) is 6.00. The second-order valence-corrected chi connectivity index (χ2v) is 7.64. The van der Waals surface area contributed by atoms with Crippen LogP contribution >= 0.6 is 0 Å². The fourth-order valence-corrected chi connectivity index (χ4v) is 3.61. The molecule has 1 aliphatic heterocycles. The highest BCUT2D eigenvalue weighted by Crippen LogP contribution is 2.21. The topological polar surface area (TPSA) is 71.3 Å². The van der Waals surface area contributed by atoms with Crippen LogP contribution in [0, 0.1) is 12.8 Å². The first-order chi connectivity index (χ1) is 14.2. The summed E-state index contributed by atoms with van der Waals surface area (Å²) in [6.45, 7) is 5.00. The minimum atomic E-state index is 0.0725. The summed E-state index contributed by atoms with van der Waals surface area (Å²) in [5.74, 6) is 1.46. The van der Waals surface area contributed by atoms with Gasteiger partial charge in [0.25, 0.3) is 5.89 Å². The van der Waals surface area contributed by atoms with Crippen molar-refractivity contribution in [1.29, 1.82) is 0 Å². The van der Waals surface area contributed by atoms with Gasteiger partial charge in [0.05, 0.1) is 6.54 Å². The maximum Gasteiger partial charge on any atom is 0.257 e. The number of aryl methyl sites for hydroxylation is 1. The minimum Gasteiger partial charge on any atom is -0.352 e. The number of rotatable bonds is 6. The summed E-state index contributed by atoms with van der Waals surface area (Å²) in [5, 5.41) is 7.18. The largest absolute Gasteiger partial charge is 0.352 e. The maximum absolute atomic E-state index is 12.5. The predicted octanol–water partition coefficient (Wildman–Crippen LogP) is 3.57. The standard InChI is InChI=1S/C23H26N4O2/c1-17-7-9-20(10-8-17)23-25-21(26-29-23)16-27-13-11-19(12-14-27)22(28)24-15-18-5-3-2-4-6-18/h2-10,19H,11-16H2,1H3,(H,24,28). The quantitative estimate of drug-likeness (QED) is 0.697. The normalized spacial score (nSPS) is 15.3. The predicted molar refractivity (Wildman–Crippen MR) is 111 cm³/mol. The zero-order valence-electron chi connectivity index (χ0n) is 16.7. The monoisotopic (exact) mass is 390 g/mol. The van der Waals surface area contributed by atoms with E-state index in [1.54, 1.807) is 0 Å². The lowest BCUT2D eigenvalue weighted by Gasteiger charge is -2.30. The molecule has 0 radical (unpaired) electrons. The van der Waals surface area contributed by atoms with Crippen molar-refractivity contribution >= 4 is 5.91 Å². The Morgan fingerprint density at radius 1 is 1.10 bits per heavy atom. The Hall–Kier alpha value is -2.99. The van der Waals surface area contributed by atoms with Crippen LogP contribution in [0.15, 0.2) is 59.1 Å². The number of hydrogen-bond acceptors (Lipinski definition) is 5. The van der Waals surface area contributed by atoms with Crippen LogP contribution in [0.2, 0.25) is 0 Å². The summed E-state index contributed by atoms with van der Waals surface area (Å²) in [7, 11) is 0. The van der Waals surface area contributed by atoms with E-state index in [4.69, 9.17) is 4.52 Å². The van der Waals surface area contributed by atoms with E-state index in [1.165, 1.54) is 5.56 Å². The molecule has 6 heteroatoms. The zero-order valence-corrected chi connectivity index (χ0v) is 16.7. The van der Waals surface area contributed by atoms with E-state index >= 15 is 0 Å². The van der Waals surface area contributed by atoms with Gasteiger partial charge in [-0.2, -0.15) is 4.98 Å². The fourth-order valence-electron chi connectivity index (χ4n) is 3.61. The zero-order chi connectivity index (χ0) is 20.1. The summed E-state index contributed by atoms with van der Waals surface area (Å²) in [6.07, 6.45) is 1.70. The average molecular weight is 390 g/mol. The van der Waals surface area contributed by atoms with Gasteiger partial charge in [-0.1, -0.05) is 53.2 Å². The van der Waals surface area contributed by atoms with Gasteiger partial charge in [0, 0.05) is 18.0 Å². The van der Waals surface area contributed by atoms with Crippen LogP contribution in [0.25, 0.3) is 11.5 Å². The molecule has 0 spiro atoms. The molecule has 1 aromatic heterocycles. The molecular formula is C23H26N4O2. The summed E-state index contributed by atoms with van der Waals surface area (Å²) in [5.41, 5.74) is 3.26. The molecule has 2 heterocycles. The van der Waals surface area contributed by atoms with Crippen molar-refractivity contribution in [3.63, 3.8) is 0 Å². The van der Waals surface area contributed by atoms with Gasteiger partial charge >= 0.3 is 0 Å². The van der Waals surface area contributed by atoms with E-state index in [-0.39, 0.29) is 11.8 Å². The Labute approximate surface area is 170 Å². The van der Waals surface area contributed by atoms with Crippen LogP contribution in [0.5, 0.6) is 0 Å². The first-order valence-electron chi connectivity index (χ1n) is 10.1. The number of piperidine rings is 1. The summed E-state index contributed by atoms with van der Waals surface area (Å²) in [6, 6.07) is 18.1. The molecule has 6 nitrogen and oxygen atoms in total. The smallest absolute Gasteiger partial charge is 0.257 e. The van der Waals surface area contributed by atoms with Gasteiger partial charge in [-0.15, -0.1) is 0 Å². The molecule has 1 saturated heterocycles. The number of nitrogens with one attached hydrogen (secondary N) is 1. The number of nitrogens with zero attached hydrogens (tertiary/aromatic N) is 3. The second kappa shape index (κ2) is 9.01. The van der Waals surface area contributed by atoms with Crippen molar-refractivity contribution in [1.82, 2.24) is 20.4 Å². The van der Waals surface area contributed by atoms with Gasteiger partial charge in [0.2, 0.25) is 5.91 Å². The van der Waals surface area contributed by atoms with Crippen molar-refractivity contribution in [3.8, 4) is 11.5 Å². The number of aromatic nitrogens is 2. The number of likely N-dealkylation sites (tertiary alicyclic amines) is 1. The summed E-state index contributed by atoms with van der Waals surface area (Å²) in [4.78, 5) is 19.3. The number of carbonyl (C=O) groups excluding carboxylic acids is 1. The third-order valence-electron chi connectivity index (χ3n) is 5.40. The molecule has 0 saturated carbocycles. The highest BCUT2D eigenvalue weighted by molar-refractivity contribution is 5.78. The molecule has 29 heavy (non-hydrogen) atoms. The molecule has 0 unspecified atom stereocenters. The molecule has 1 amide bonds. The third kappa shape index (κ3) is 5.09. The third-order valence-corrected chi connectivity index (χ3v) is 5.40. The van der Waals surface area contributed by atoms with Crippen molar-refractivity contribution in [2.75, 3.05) is 13.1 Å². The number of amides is 1. The molecule has 0 atom stereocenters. The summed E-state index contributed by atoms with van der Waals surface area (Å²) < 4.78 is 5.41. The fraction of sp³-hybridized carbons (Fsp3) is 0.348. The first-order valence-corrected chi connectivity index (χ1v) is 10.1. The van der Waals surface area contributed by atoms with Gasteiger partial charge in [0.15, 0.2) is 5.82 Å². The Bertz CT molecular complexity index is 929. The van der Waals surface area contributed by atoms with E-state index in [0.717, 1.165) is 37.1 Å². The molecular weight excluding hydrogens is 364 g/mol. The second-order valence-electron chi connectivity index (χ2n) is 7.64. The maximum atomic E-state index is 12.5. The van der Waals surface area contributed by atoms with Gasteiger partial charge in [-0.3, -0.25) is 9.69 Å². The van der Waals surface area contributed by atoms with E-state index < -0.39 is 0 Å². The average Bonchev–Trinajstić information content (AvgIpc) is 3.22. The van der Waals surface area contributed by atoms with Crippen molar-refractivity contribution in [3.05, 3.63) is 71.5 Å². The molecule has 2 aromatic carbocycles. The van der Waals surface area contributed by atoms with Crippen molar-refractivity contribution < 1.29 is 9.32 Å². The molecule has 0 bridgehead atoms. The summed E-state index contributed by atoms with van der Waals surface area (Å²) >= 11 is 0. The van der Waals surface area contributed by atoms with E-state index in [1.807, 2.05) is 54.6 Å². The van der Waals surface area contributed by atoms with Gasteiger partial charge in [0.1, 0.15) is 0 Å². The van der Waals surface area contributed by atoms with Crippen LogP contribution in [-0.2, 0) is 17.9 Å². The first kappa shape index (κ1) is 19.3. The Morgan fingerprint density at radius 2 is 1.83 bits per heavy atom. The lowest BCUT2D eigenvalue weighted by atomic mass is 9.96. The van der Waals surface area contributed by atoms with Gasteiger partial charge in [-0.25, -0.2) is 0 Å². The van der Waals surface area contributed by atoms with E-state index in [0.29, 0.717) is 24.8 Å². The SMILES string of the molecule is Cc1ccc(-c2nc(CN3CCC(C(=O)NCc4ccccc4)CC3)no2)cc1. The molecule has 150 valence electrons. The molecule has 1 N–H and O–H groups in total. The Balaban J connectivity index is 1.25. The Morgan fingerprint density at radius 3 is 2.55 bits per heavy atom. The molecule has 0 aliphatic carbocycles. The van der Waals surface area contributed by atoms with E-state index in [2.05, 4.69) is 27.3 Å². The lowest BCUT2D eigenvalue weighted by Crippen LogP contribution is -2.40. The molecule has 4 rings (SSSR count). The molecule has 3 aromatic rings. The van der Waals surface area contributed by atoms with Crippen LogP contribution in [0.1, 0.15) is 29.8 Å². The number of carbonyl (C=O) groups is 1. The van der Waals surface area contributed by atoms with Crippen LogP contribution in [0.3, 0.4) is 0 Å². The molecule has 1 aliphatic rings. The van der Waals surface area contributed by atoms with Crippen LogP contribution in [0.4, 0.5) is 0 Å². The van der Waals surface area contributed by atoms with E-state index in [9.17, 15) is 4.79 Å². The number of hydrogen-bond donors (Lipinski definition) is 1. The van der Waals surface area contributed by atoms with Crippen molar-refractivity contribution in [2.45, 2.75) is 32.9 Å². The van der Waals surface area contributed by atoms with Crippen LogP contribution in [-0.4, -0.2) is 34.0 Å². The number of benzene rings is 2. The van der Waals surface area contributed by atoms with Gasteiger partial charge in [-0.05, 0) is 50.6 Å². The van der Waals surface area contributed by atoms with Gasteiger partial charge < -0.3 is 9.84 Å². The highest BCUT2D eigenvalue weighted by atomic mass is 16.5. The highest BCUT2D eigenvalue weighted by Gasteiger charge is 2.25. The van der Waals surface area contributed by atoms with Crippen LogP contribution < -0.4 is 5.32 Å². The lowest BCUT2D eigenvalue weighted by molar-refractivity contribution is -0.126.